The van der Waals surface area contributed by atoms with Gasteiger partial charge in [-0.15, -0.1) is 0 Å². The van der Waals surface area contributed by atoms with Crippen molar-refractivity contribution in [2.24, 2.45) is 0 Å². The summed E-state index contributed by atoms with van der Waals surface area (Å²) in [5, 5.41) is 8.26. The fraction of sp³-hybridized carbons (Fsp3) is 0.278. The number of thioether (sulfide) groups is 1. The lowest BCUT2D eigenvalue weighted by Crippen LogP contribution is -2.31. The molecular formula is C18H19N5S. The number of hydrogen-bond acceptors (Lipinski definition) is 5. The number of H-pyrrole nitrogens is 1. The highest BCUT2D eigenvalue weighted by atomic mass is 32.2. The average molecular weight is 337 g/mol. The van der Waals surface area contributed by atoms with Gasteiger partial charge in [-0.2, -0.15) is 5.10 Å². The van der Waals surface area contributed by atoms with Crippen molar-refractivity contribution >= 4 is 11.8 Å². The molecule has 5 nitrogen and oxygen atoms in total. The Morgan fingerprint density at radius 3 is 2.92 bits per heavy atom. The molecule has 0 saturated carbocycles. The lowest BCUT2D eigenvalue weighted by molar-refractivity contribution is 0.242. The van der Waals surface area contributed by atoms with Crippen LogP contribution in [0, 0.1) is 0 Å². The summed E-state index contributed by atoms with van der Waals surface area (Å²) in [5.74, 6) is 0. The van der Waals surface area contributed by atoms with Gasteiger partial charge in [-0.25, -0.2) is 9.97 Å². The van der Waals surface area contributed by atoms with Crippen LogP contribution in [-0.2, 0) is 19.5 Å². The van der Waals surface area contributed by atoms with E-state index in [0.29, 0.717) is 0 Å². The first-order valence-corrected chi connectivity index (χ1v) is 9.25. The molecule has 3 heterocycles. The van der Waals surface area contributed by atoms with E-state index in [1.165, 1.54) is 22.4 Å². The third-order valence-electron chi connectivity index (χ3n) is 4.35. The third kappa shape index (κ3) is 3.07. The normalized spacial score (nSPS) is 14.5. The van der Waals surface area contributed by atoms with Crippen molar-refractivity contribution in [2.45, 2.75) is 24.7 Å². The maximum atomic E-state index is 4.64. The third-order valence-corrected chi connectivity index (χ3v) is 4.91. The predicted molar refractivity (Wildman–Crippen MR) is 95.7 cm³/mol. The number of nitrogens with one attached hydrogen (secondary N) is 1. The summed E-state index contributed by atoms with van der Waals surface area (Å²) in [4.78, 5) is 11.5. The minimum atomic E-state index is 0.864. The van der Waals surface area contributed by atoms with E-state index in [2.05, 4.69) is 49.3 Å². The molecule has 3 aromatic rings. The topological polar surface area (TPSA) is 57.7 Å². The molecular weight excluding hydrogens is 318 g/mol. The van der Waals surface area contributed by atoms with Gasteiger partial charge < -0.3 is 0 Å². The Morgan fingerprint density at radius 1 is 1.21 bits per heavy atom. The first-order chi connectivity index (χ1) is 11.8. The van der Waals surface area contributed by atoms with Crippen molar-refractivity contribution in [1.29, 1.82) is 0 Å². The standard InChI is InChI=1S/C18H19N5S/c1-24-18-19-9-14-11-23(8-7-16(14)21-18)12-15-10-20-22-17(15)13-5-3-2-4-6-13/h2-6,9-10H,7-8,11-12H2,1H3,(H,20,22). The van der Waals surface area contributed by atoms with Gasteiger partial charge in [0.2, 0.25) is 0 Å². The molecule has 0 amide bonds. The van der Waals surface area contributed by atoms with Gasteiger partial charge in [0.05, 0.1) is 17.6 Å². The van der Waals surface area contributed by atoms with Gasteiger partial charge in [-0.3, -0.25) is 10.00 Å². The molecule has 0 radical (unpaired) electrons. The molecule has 1 aromatic carbocycles. The SMILES string of the molecule is CSc1ncc2c(n1)CCN(Cc1cn[nH]c1-c1ccccc1)C2. The largest absolute Gasteiger partial charge is 0.294 e. The zero-order valence-electron chi connectivity index (χ0n) is 13.6. The molecule has 0 fully saturated rings. The van der Waals surface area contributed by atoms with Crippen LogP contribution in [0.25, 0.3) is 11.3 Å². The first-order valence-electron chi connectivity index (χ1n) is 8.02. The van der Waals surface area contributed by atoms with E-state index in [9.17, 15) is 0 Å². The van der Waals surface area contributed by atoms with Crippen molar-refractivity contribution in [1.82, 2.24) is 25.1 Å². The fourth-order valence-electron chi connectivity index (χ4n) is 3.12. The molecule has 122 valence electrons. The average Bonchev–Trinajstić information content (AvgIpc) is 3.10. The Morgan fingerprint density at radius 2 is 2.08 bits per heavy atom. The molecule has 0 atom stereocenters. The number of nitrogens with zero attached hydrogens (tertiary/aromatic N) is 4. The highest BCUT2D eigenvalue weighted by molar-refractivity contribution is 7.98. The summed E-state index contributed by atoms with van der Waals surface area (Å²) in [7, 11) is 0. The number of rotatable bonds is 4. The number of benzene rings is 1. The molecule has 1 aliphatic rings. The van der Waals surface area contributed by atoms with Crippen LogP contribution >= 0.6 is 11.8 Å². The van der Waals surface area contributed by atoms with Crippen molar-refractivity contribution in [3.8, 4) is 11.3 Å². The van der Waals surface area contributed by atoms with Crippen LogP contribution in [0.15, 0.2) is 47.9 Å². The Labute approximate surface area is 145 Å². The molecule has 0 aliphatic carbocycles. The van der Waals surface area contributed by atoms with Crippen LogP contribution in [0.1, 0.15) is 16.8 Å². The second-order valence-electron chi connectivity index (χ2n) is 5.93. The highest BCUT2D eigenvalue weighted by Gasteiger charge is 2.20. The summed E-state index contributed by atoms with van der Waals surface area (Å²) >= 11 is 1.60. The van der Waals surface area contributed by atoms with Gasteiger partial charge in [-0.1, -0.05) is 42.1 Å². The smallest absolute Gasteiger partial charge is 0.187 e. The Kier molecular flexibility index (Phi) is 4.32. The minimum absolute atomic E-state index is 0.864. The van der Waals surface area contributed by atoms with Crippen LogP contribution in [0.2, 0.25) is 0 Å². The molecule has 1 N–H and O–H groups in total. The van der Waals surface area contributed by atoms with E-state index in [-0.39, 0.29) is 0 Å². The van der Waals surface area contributed by atoms with E-state index in [1.54, 1.807) is 11.8 Å². The van der Waals surface area contributed by atoms with E-state index < -0.39 is 0 Å². The molecule has 4 rings (SSSR count). The number of aromatic amines is 1. The van der Waals surface area contributed by atoms with Gasteiger partial charge in [0.1, 0.15) is 0 Å². The summed E-state index contributed by atoms with van der Waals surface area (Å²) in [6.07, 6.45) is 6.91. The number of aromatic nitrogens is 4. The van der Waals surface area contributed by atoms with Crippen LogP contribution < -0.4 is 0 Å². The van der Waals surface area contributed by atoms with Gasteiger partial charge in [-0.05, 0) is 11.8 Å². The summed E-state index contributed by atoms with van der Waals surface area (Å²) in [6, 6.07) is 10.4. The quantitative estimate of drug-likeness (QED) is 0.585. The maximum Gasteiger partial charge on any atom is 0.187 e. The second-order valence-corrected chi connectivity index (χ2v) is 6.70. The molecule has 1 aliphatic heterocycles. The zero-order valence-corrected chi connectivity index (χ0v) is 14.4. The van der Waals surface area contributed by atoms with E-state index in [1.807, 2.05) is 24.7 Å². The minimum Gasteiger partial charge on any atom is -0.294 e. The van der Waals surface area contributed by atoms with Gasteiger partial charge in [0.15, 0.2) is 5.16 Å². The van der Waals surface area contributed by atoms with E-state index in [0.717, 1.165) is 36.9 Å². The molecule has 6 heteroatoms. The van der Waals surface area contributed by atoms with Crippen molar-refractivity contribution in [3.63, 3.8) is 0 Å². The van der Waals surface area contributed by atoms with Gasteiger partial charge in [0, 0.05) is 43.4 Å². The number of fused-ring (bicyclic) bond motifs is 1. The van der Waals surface area contributed by atoms with Crippen molar-refractivity contribution < 1.29 is 0 Å². The fourth-order valence-corrected chi connectivity index (χ4v) is 3.48. The molecule has 0 bridgehead atoms. The summed E-state index contributed by atoms with van der Waals surface area (Å²) in [5.41, 5.74) is 5.95. The molecule has 0 saturated heterocycles. The molecule has 0 unspecified atom stereocenters. The second kappa shape index (κ2) is 6.75. The maximum absolute atomic E-state index is 4.64. The Bertz CT molecular complexity index is 830. The molecule has 2 aromatic heterocycles. The summed E-state index contributed by atoms with van der Waals surface area (Å²) in [6.45, 7) is 2.78. The predicted octanol–water partition coefficient (Wildman–Crippen LogP) is 3.15. The van der Waals surface area contributed by atoms with Crippen molar-refractivity contribution in [3.05, 3.63) is 59.5 Å². The van der Waals surface area contributed by atoms with E-state index in [4.69, 9.17) is 0 Å². The Hall–Kier alpha value is -2.18. The lowest BCUT2D eigenvalue weighted by atomic mass is 10.0. The van der Waals surface area contributed by atoms with Crippen LogP contribution in [-0.4, -0.2) is 37.9 Å². The van der Waals surface area contributed by atoms with Gasteiger partial charge >= 0.3 is 0 Å². The summed E-state index contributed by atoms with van der Waals surface area (Å²) < 4.78 is 0. The highest BCUT2D eigenvalue weighted by Crippen LogP contribution is 2.25. The molecule has 24 heavy (non-hydrogen) atoms. The van der Waals surface area contributed by atoms with Crippen LogP contribution in [0.3, 0.4) is 0 Å². The number of hydrogen-bond donors (Lipinski definition) is 1. The van der Waals surface area contributed by atoms with Crippen LogP contribution in [0.5, 0.6) is 0 Å². The monoisotopic (exact) mass is 337 g/mol. The van der Waals surface area contributed by atoms with E-state index >= 15 is 0 Å². The van der Waals surface area contributed by atoms with Gasteiger partial charge in [0.25, 0.3) is 0 Å². The van der Waals surface area contributed by atoms with Crippen molar-refractivity contribution in [2.75, 3.05) is 12.8 Å². The lowest BCUT2D eigenvalue weighted by Gasteiger charge is -2.27. The Balaban J connectivity index is 1.52. The zero-order chi connectivity index (χ0) is 16.4. The molecule has 0 spiro atoms. The first kappa shape index (κ1) is 15.4. The van der Waals surface area contributed by atoms with Crippen LogP contribution in [0.4, 0.5) is 0 Å².